The summed E-state index contributed by atoms with van der Waals surface area (Å²) in [6.07, 6.45) is 2.76. The lowest BCUT2D eigenvalue weighted by Gasteiger charge is -2.31. The maximum Gasteiger partial charge on any atom is 0.123 e. The number of para-hydroxylation sites is 1. The minimum Gasteiger partial charge on any atom is -0.492 e. The number of rotatable bonds is 6. The van der Waals surface area contributed by atoms with Gasteiger partial charge < -0.3 is 15.2 Å². The Bertz CT molecular complexity index is 384. The molecule has 4 nitrogen and oxygen atoms in total. The third-order valence-corrected chi connectivity index (χ3v) is 3.65. The highest BCUT2D eigenvalue weighted by Crippen LogP contribution is 2.17. The molecule has 1 saturated heterocycles. The predicted molar refractivity (Wildman–Crippen MR) is 76.3 cm³/mol. The highest BCUT2D eigenvalue weighted by Gasteiger charge is 2.18. The van der Waals surface area contributed by atoms with Gasteiger partial charge in [0.1, 0.15) is 12.4 Å². The van der Waals surface area contributed by atoms with Crippen molar-refractivity contribution in [3.05, 3.63) is 29.8 Å². The molecule has 0 aromatic heterocycles. The number of nitrogens with two attached hydrogens (primary N) is 1. The van der Waals surface area contributed by atoms with Gasteiger partial charge in [-0.25, -0.2) is 0 Å². The normalized spacial score (nSPS) is 20.4. The Labute approximate surface area is 115 Å². The molecule has 0 radical (unpaired) electrons. The second-order valence-electron chi connectivity index (χ2n) is 4.96. The molecule has 2 N–H and O–H groups in total. The van der Waals surface area contributed by atoms with Gasteiger partial charge >= 0.3 is 0 Å². The van der Waals surface area contributed by atoms with Crippen molar-refractivity contribution in [2.45, 2.75) is 25.5 Å². The first-order valence-corrected chi connectivity index (χ1v) is 6.99. The largest absolute Gasteiger partial charge is 0.492 e. The molecule has 4 heteroatoms. The first-order valence-electron chi connectivity index (χ1n) is 6.99. The number of nitrogens with zero attached hydrogens (tertiary/aromatic N) is 1. The van der Waals surface area contributed by atoms with Gasteiger partial charge in [0, 0.05) is 32.3 Å². The molecule has 0 saturated carbocycles. The first kappa shape index (κ1) is 14.3. The van der Waals surface area contributed by atoms with Crippen molar-refractivity contribution >= 4 is 0 Å². The van der Waals surface area contributed by atoms with Gasteiger partial charge in [-0.05, 0) is 25.5 Å². The van der Waals surface area contributed by atoms with Crippen LogP contribution in [0.2, 0.25) is 0 Å². The van der Waals surface area contributed by atoms with E-state index in [0.717, 1.165) is 30.9 Å². The second-order valence-corrected chi connectivity index (χ2v) is 4.96. The molecular formula is C15H24N2O2. The fourth-order valence-electron chi connectivity index (χ4n) is 2.51. The molecule has 1 atom stereocenters. The Morgan fingerprint density at radius 2 is 2.21 bits per heavy atom. The molecular weight excluding hydrogens is 240 g/mol. The van der Waals surface area contributed by atoms with E-state index in [4.69, 9.17) is 15.2 Å². The van der Waals surface area contributed by atoms with Crippen LogP contribution in [-0.4, -0.2) is 44.4 Å². The zero-order valence-electron chi connectivity index (χ0n) is 11.7. The molecule has 1 aromatic carbocycles. The van der Waals surface area contributed by atoms with E-state index in [1.54, 1.807) is 7.11 Å². The fourth-order valence-corrected chi connectivity index (χ4v) is 2.51. The topological polar surface area (TPSA) is 47.7 Å². The molecule has 1 unspecified atom stereocenters. The summed E-state index contributed by atoms with van der Waals surface area (Å²) in [7, 11) is 1.79. The van der Waals surface area contributed by atoms with Crippen molar-refractivity contribution < 1.29 is 9.47 Å². The van der Waals surface area contributed by atoms with Crippen LogP contribution in [0, 0.1) is 0 Å². The lowest BCUT2D eigenvalue weighted by atomic mass is 10.1. The summed E-state index contributed by atoms with van der Waals surface area (Å²) in [6, 6.07) is 7.97. The number of piperidine rings is 1. The molecule has 1 fully saturated rings. The summed E-state index contributed by atoms with van der Waals surface area (Å²) in [5.74, 6) is 0.908. The molecule has 0 spiro atoms. The van der Waals surface area contributed by atoms with Crippen LogP contribution in [0.3, 0.4) is 0 Å². The van der Waals surface area contributed by atoms with E-state index in [1.165, 1.54) is 12.8 Å². The molecule has 0 amide bonds. The van der Waals surface area contributed by atoms with Crippen molar-refractivity contribution in [3.8, 4) is 5.75 Å². The van der Waals surface area contributed by atoms with E-state index in [2.05, 4.69) is 4.90 Å². The SMILES string of the molecule is COC1CCCN(CCOc2ccccc2CN)C1. The molecule has 1 aliphatic rings. The molecule has 0 aliphatic carbocycles. The van der Waals surface area contributed by atoms with Gasteiger partial charge in [-0.2, -0.15) is 0 Å². The van der Waals surface area contributed by atoms with E-state index in [9.17, 15) is 0 Å². The molecule has 0 bridgehead atoms. The molecule has 1 heterocycles. The van der Waals surface area contributed by atoms with Gasteiger partial charge in [-0.3, -0.25) is 4.90 Å². The van der Waals surface area contributed by atoms with Crippen LogP contribution in [0.15, 0.2) is 24.3 Å². The van der Waals surface area contributed by atoms with Gasteiger partial charge in [0.2, 0.25) is 0 Å². The van der Waals surface area contributed by atoms with Crippen molar-refractivity contribution in [1.82, 2.24) is 4.90 Å². The first-order chi connectivity index (χ1) is 9.33. The van der Waals surface area contributed by atoms with E-state index < -0.39 is 0 Å². The van der Waals surface area contributed by atoms with Crippen molar-refractivity contribution in [3.63, 3.8) is 0 Å². The van der Waals surface area contributed by atoms with Crippen molar-refractivity contribution in [2.75, 3.05) is 33.4 Å². The molecule has 106 valence electrons. The Balaban J connectivity index is 1.77. The lowest BCUT2D eigenvalue weighted by molar-refractivity contribution is 0.0271. The summed E-state index contributed by atoms with van der Waals surface area (Å²) in [6.45, 7) is 4.32. The minimum atomic E-state index is 0.380. The average Bonchev–Trinajstić information content (AvgIpc) is 2.48. The maximum atomic E-state index is 5.84. The average molecular weight is 264 g/mol. The van der Waals surface area contributed by atoms with Crippen molar-refractivity contribution in [1.29, 1.82) is 0 Å². The monoisotopic (exact) mass is 264 g/mol. The van der Waals surface area contributed by atoms with Crippen LogP contribution in [0.4, 0.5) is 0 Å². The van der Waals surface area contributed by atoms with E-state index in [0.29, 0.717) is 19.3 Å². The highest BCUT2D eigenvalue weighted by atomic mass is 16.5. The zero-order valence-corrected chi connectivity index (χ0v) is 11.7. The summed E-state index contributed by atoms with van der Waals surface area (Å²) in [5, 5.41) is 0. The van der Waals surface area contributed by atoms with Gasteiger partial charge in [0.05, 0.1) is 6.10 Å². The summed E-state index contributed by atoms with van der Waals surface area (Å²) in [4.78, 5) is 2.41. The van der Waals surface area contributed by atoms with E-state index in [-0.39, 0.29) is 0 Å². The number of hydrogen-bond acceptors (Lipinski definition) is 4. The quantitative estimate of drug-likeness (QED) is 0.848. The van der Waals surface area contributed by atoms with Crippen LogP contribution >= 0.6 is 0 Å². The molecule has 2 rings (SSSR count). The third-order valence-electron chi connectivity index (χ3n) is 3.65. The Morgan fingerprint density at radius 1 is 1.37 bits per heavy atom. The van der Waals surface area contributed by atoms with Crippen LogP contribution in [-0.2, 0) is 11.3 Å². The molecule has 1 aromatic rings. The number of ether oxygens (including phenoxy) is 2. The van der Waals surface area contributed by atoms with E-state index in [1.807, 2.05) is 24.3 Å². The lowest BCUT2D eigenvalue weighted by Crippen LogP contribution is -2.41. The fraction of sp³-hybridized carbons (Fsp3) is 0.600. The van der Waals surface area contributed by atoms with Gasteiger partial charge in [0.25, 0.3) is 0 Å². The predicted octanol–water partition coefficient (Wildman–Crippen LogP) is 1.63. The molecule has 19 heavy (non-hydrogen) atoms. The number of methoxy groups -OCH3 is 1. The Hall–Kier alpha value is -1.10. The van der Waals surface area contributed by atoms with Gasteiger partial charge in [-0.15, -0.1) is 0 Å². The Morgan fingerprint density at radius 3 is 3.00 bits per heavy atom. The summed E-state index contributed by atoms with van der Waals surface area (Å²) < 4.78 is 11.3. The second kappa shape index (κ2) is 7.48. The number of likely N-dealkylation sites (tertiary alicyclic amines) is 1. The van der Waals surface area contributed by atoms with Gasteiger partial charge in [0.15, 0.2) is 0 Å². The standard InChI is InChI=1S/C15H24N2O2/c1-18-14-6-4-8-17(12-14)9-10-19-15-7-3-2-5-13(15)11-16/h2-3,5,7,14H,4,6,8-12,16H2,1H3. The summed E-state index contributed by atoms with van der Waals surface area (Å²) >= 11 is 0. The van der Waals surface area contributed by atoms with Crippen LogP contribution in [0.1, 0.15) is 18.4 Å². The number of hydrogen-bond donors (Lipinski definition) is 1. The summed E-state index contributed by atoms with van der Waals surface area (Å²) in [5.41, 5.74) is 6.76. The van der Waals surface area contributed by atoms with Crippen LogP contribution < -0.4 is 10.5 Å². The van der Waals surface area contributed by atoms with Crippen LogP contribution in [0.25, 0.3) is 0 Å². The van der Waals surface area contributed by atoms with Crippen LogP contribution in [0.5, 0.6) is 5.75 Å². The third kappa shape index (κ3) is 4.20. The Kier molecular flexibility index (Phi) is 5.63. The highest BCUT2D eigenvalue weighted by molar-refractivity contribution is 5.32. The number of benzene rings is 1. The van der Waals surface area contributed by atoms with Gasteiger partial charge in [-0.1, -0.05) is 18.2 Å². The van der Waals surface area contributed by atoms with E-state index >= 15 is 0 Å². The van der Waals surface area contributed by atoms with Crippen molar-refractivity contribution in [2.24, 2.45) is 5.73 Å². The molecule has 1 aliphatic heterocycles. The smallest absolute Gasteiger partial charge is 0.123 e. The zero-order chi connectivity index (χ0) is 13.5. The minimum absolute atomic E-state index is 0.380. The maximum absolute atomic E-state index is 5.84.